The van der Waals surface area contributed by atoms with Crippen molar-refractivity contribution in [3.8, 4) is 0 Å². The Balaban J connectivity index is 2.74. The quantitative estimate of drug-likeness (QED) is 0.708. The summed E-state index contributed by atoms with van der Waals surface area (Å²) in [5.74, 6) is 0. The molecule has 0 aliphatic heterocycles. The van der Waals surface area contributed by atoms with Gasteiger partial charge in [-0.15, -0.1) is 0 Å². The van der Waals surface area contributed by atoms with Gasteiger partial charge >= 0.3 is 78.4 Å². The van der Waals surface area contributed by atoms with Crippen LogP contribution in [0.4, 0.5) is 0 Å². The van der Waals surface area contributed by atoms with Crippen LogP contribution in [0.2, 0.25) is 5.02 Å². The first kappa shape index (κ1) is 8.79. The molecule has 0 bridgehead atoms. The Labute approximate surface area is 78.6 Å². The molecule has 0 aromatic heterocycles. The van der Waals surface area contributed by atoms with Crippen LogP contribution < -0.4 is 0 Å². The fourth-order valence-corrected chi connectivity index (χ4v) is 1.24. The Kier molecular flexibility index (Phi) is 3.13. The van der Waals surface area contributed by atoms with Crippen molar-refractivity contribution >= 4 is 32.3 Å². The number of benzene rings is 1. The molecule has 57 valence electrons. The Morgan fingerprint density at radius 3 is 2.36 bits per heavy atom. The number of halogens is 1. The van der Waals surface area contributed by atoms with Crippen LogP contribution >= 0.6 is 11.6 Å². The van der Waals surface area contributed by atoms with Crippen molar-refractivity contribution in [3.63, 3.8) is 0 Å². The first-order valence-electron chi connectivity index (χ1n) is 3.13. The first-order valence-corrected chi connectivity index (χ1v) is 4.36. The van der Waals surface area contributed by atoms with Crippen LogP contribution in [0.3, 0.4) is 0 Å². The van der Waals surface area contributed by atoms with Gasteiger partial charge in [-0.2, -0.15) is 0 Å². The number of hydrogen-bond acceptors (Lipinski definition) is 1. The first-order chi connectivity index (χ1) is 5.18. The van der Waals surface area contributed by atoms with E-state index in [-0.39, 0.29) is 4.68 Å². The Bertz CT molecular complexity index is 255. The van der Waals surface area contributed by atoms with E-state index in [0.29, 0.717) is 11.4 Å². The van der Waals surface area contributed by atoms with E-state index in [2.05, 4.69) is 16.0 Å². The van der Waals surface area contributed by atoms with Crippen molar-refractivity contribution in [2.75, 3.05) is 0 Å². The van der Waals surface area contributed by atoms with E-state index in [1.54, 1.807) is 12.1 Å². The van der Waals surface area contributed by atoms with Crippen molar-refractivity contribution in [1.29, 1.82) is 0 Å². The van der Waals surface area contributed by atoms with Gasteiger partial charge in [0.25, 0.3) is 0 Å². The molecular weight excluding hydrogens is 226 g/mol. The maximum absolute atomic E-state index is 10.6. The number of rotatable bonds is 2. The molecule has 0 aliphatic carbocycles. The standard InChI is InChI=1S/C8H6ClOSe/c9-7-3-1-6(2-4-7)5-8(10)11/h1-4H,5H2. The molecule has 1 aromatic carbocycles. The summed E-state index contributed by atoms with van der Waals surface area (Å²) in [6.45, 7) is 0. The zero-order chi connectivity index (χ0) is 8.27. The average Bonchev–Trinajstić information content (AvgIpc) is 1.93. The molecule has 1 radical (unpaired) electrons. The SMILES string of the molecule is O=C([Se])Cc1ccc(Cl)cc1. The zero-order valence-corrected chi connectivity index (χ0v) is 8.18. The monoisotopic (exact) mass is 233 g/mol. The predicted molar refractivity (Wildman–Crippen MR) is 45.9 cm³/mol. The van der Waals surface area contributed by atoms with Crippen LogP contribution in [0, 0.1) is 0 Å². The zero-order valence-electron chi connectivity index (χ0n) is 5.71. The molecule has 0 fully saturated rings. The molecule has 0 saturated carbocycles. The van der Waals surface area contributed by atoms with Crippen LogP contribution in [0.5, 0.6) is 0 Å². The van der Waals surface area contributed by atoms with E-state index in [0.717, 1.165) is 5.56 Å². The van der Waals surface area contributed by atoms with Gasteiger partial charge in [0.1, 0.15) is 0 Å². The number of hydrogen-bond donors (Lipinski definition) is 0. The van der Waals surface area contributed by atoms with E-state index in [4.69, 9.17) is 11.6 Å². The van der Waals surface area contributed by atoms with Gasteiger partial charge in [-0.3, -0.25) is 0 Å². The topological polar surface area (TPSA) is 17.1 Å². The minimum atomic E-state index is 0.0484. The Hall–Kier alpha value is -0.301. The van der Waals surface area contributed by atoms with E-state index < -0.39 is 0 Å². The van der Waals surface area contributed by atoms with Crippen molar-refractivity contribution in [2.45, 2.75) is 6.42 Å². The summed E-state index contributed by atoms with van der Waals surface area (Å²) in [7, 11) is 0. The van der Waals surface area contributed by atoms with Gasteiger partial charge in [-0.05, 0) is 0 Å². The van der Waals surface area contributed by atoms with E-state index in [1.807, 2.05) is 12.1 Å². The molecule has 11 heavy (non-hydrogen) atoms. The Morgan fingerprint density at radius 1 is 1.36 bits per heavy atom. The van der Waals surface area contributed by atoms with Gasteiger partial charge in [0, 0.05) is 0 Å². The molecule has 0 unspecified atom stereocenters. The molecule has 1 nitrogen and oxygen atoms in total. The van der Waals surface area contributed by atoms with Gasteiger partial charge in [-0.25, -0.2) is 0 Å². The number of carbonyl (C=O) groups is 1. The third-order valence-electron chi connectivity index (χ3n) is 1.26. The molecule has 0 saturated heterocycles. The summed E-state index contributed by atoms with van der Waals surface area (Å²) in [6, 6.07) is 7.24. The van der Waals surface area contributed by atoms with Crippen LogP contribution in [0.1, 0.15) is 5.56 Å². The van der Waals surface area contributed by atoms with Gasteiger partial charge in [0.2, 0.25) is 0 Å². The van der Waals surface area contributed by atoms with Gasteiger partial charge < -0.3 is 0 Å². The molecule has 0 spiro atoms. The van der Waals surface area contributed by atoms with Crippen molar-refractivity contribution in [1.82, 2.24) is 0 Å². The third kappa shape index (κ3) is 3.06. The molecule has 0 amide bonds. The molecule has 1 aromatic rings. The Morgan fingerprint density at radius 2 is 1.91 bits per heavy atom. The van der Waals surface area contributed by atoms with Crippen LogP contribution in [-0.2, 0) is 11.2 Å². The fourth-order valence-electron chi connectivity index (χ4n) is 0.769. The summed E-state index contributed by atoms with van der Waals surface area (Å²) >= 11 is 8.09. The third-order valence-corrected chi connectivity index (χ3v) is 1.82. The number of carbonyl (C=O) groups excluding carboxylic acids is 1. The average molecular weight is 233 g/mol. The van der Waals surface area contributed by atoms with E-state index in [9.17, 15) is 4.79 Å². The predicted octanol–water partition coefficient (Wildman–Crippen LogP) is 1.58. The van der Waals surface area contributed by atoms with Gasteiger partial charge in [0.05, 0.1) is 0 Å². The summed E-state index contributed by atoms with van der Waals surface area (Å²) < 4.78 is 0.0484. The molecule has 0 aliphatic rings. The second-order valence-electron chi connectivity index (χ2n) is 2.18. The molecule has 0 atom stereocenters. The molecule has 3 heteroatoms. The molecular formula is C8H6ClOSe. The fraction of sp³-hybridized carbons (Fsp3) is 0.125. The van der Waals surface area contributed by atoms with E-state index in [1.165, 1.54) is 0 Å². The summed E-state index contributed by atoms with van der Waals surface area (Å²) in [4.78, 5) is 10.6. The normalized spacial score (nSPS) is 9.55. The van der Waals surface area contributed by atoms with Crippen LogP contribution in [-0.4, -0.2) is 20.7 Å². The maximum atomic E-state index is 10.6. The van der Waals surface area contributed by atoms with Crippen molar-refractivity contribution in [3.05, 3.63) is 34.9 Å². The second-order valence-corrected chi connectivity index (χ2v) is 3.57. The molecule has 1 rings (SSSR count). The molecule has 0 N–H and O–H groups in total. The summed E-state index contributed by atoms with van der Waals surface area (Å²) in [5.41, 5.74) is 0.984. The van der Waals surface area contributed by atoms with Gasteiger partial charge in [0.15, 0.2) is 0 Å². The summed E-state index contributed by atoms with van der Waals surface area (Å²) in [5, 5.41) is 0.696. The van der Waals surface area contributed by atoms with Crippen LogP contribution in [0.25, 0.3) is 0 Å². The summed E-state index contributed by atoms with van der Waals surface area (Å²) in [6.07, 6.45) is 0.442. The van der Waals surface area contributed by atoms with Crippen molar-refractivity contribution < 1.29 is 4.79 Å². The van der Waals surface area contributed by atoms with E-state index >= 15 is 0 Å². The molecule has 0 heterocycles. The van der Waals surface area contributed by atoms with Crippen LogP contribution in [0.15, 0.2) is 24.3 Å². The van der Waals surface area contributed by atoms with Gasteiger partial charge in [-0.1, -0.05) is 0 Å². The second kappa shape index (κ2) is 3.91. The van der Waals surface area contributed by atoms with Crippen molar-refractivity contribution in [2.24, 2.45) is 0 Å². The minimum absolute atomic E-state index is 0.0484.